The van der Waals surface area contributed by atoms with E-state index in [-0.39, 0.29) is 52.6 Å². The first-order chi connectivity index (χ1) is 13.5. The number of nitro groups is 1. The third kappa shape index (κ3) is 5.68. The Morgan fingerprint density at radius 1 is 1.38 bits per heavy atom. The molecule has 156 valence electrons. The van der Waals surface area contributed by atoms with Gasteiger partial charge in [0.1, 0.15) is 18.8 Å². The molecule has 1 aliphatic rings. The summed E-state index contributed by atoms with van der Waals surface area (Å²) in [7, 11) is 0. The number of aromatic nitrogens is 2. The quantitative estimate of drug-likeness (QED) is 0.134. The standard InChI is InChI=1S/C17H19N4O7.Mo/c18-15-5-6-20(17(23)19-15)16-14(7-12(8-22)28-16)27-10-26-9-11-3-1-2-4-13(11)21(24)25;/h1-7,12,14,16,22H,8-10H2,(H2,18,19,23);/q-1;/t12-,14?,16+;/m0./s1. The Kier molecular flexibility index (Phi) is 8.42. The summed E-state index contributed by atoms with van der Waals surface area (Å²) in [6, 6.07) is 7.67. The number of nitrogens with zero attached hydrogens (tertiary/aromatic N) is 3. The normalized spacial score (nSPS) is 20.9. The Morgan fingerprint density at radius 2 is 2.14 bits per heavy atom. The first kappa shape index (κ1) is 23.1. The van der Waals surface area contributed by atoms with Gasteiger partial charge in [0.05, 0.1) is 17.1 Å². The van der Waals surface area contributed by atoms with Gasteiger partial charge < -0.3 is 25.1 Å². The molecule has 1 unspecified atom stereocenters. The predicted molar refractivity (Wildman–Crippen MR) is 95.8 cm³/mol. The van der Waals surface area contributed by atoms with Gasteiger partial charge in [-0.15, -0.1) is 0 Å². The zero-order chi connectivity index (χ0) is 20.1. The van der Waals surface area contributed by atoms with E-state index in [0.29, 0.717) is 5.56 Å². The van der Waals surface area contributed by atoms with Crippen LogP contribution in [-0.4, -0.2) is 45.2 Å². The van der Waals surface area contributed by atoms with Crippen LogP contribution in [-0.2, 0) is 41.9 Å². The van der Waals surface area contributed by atoms with Crippen molar-refractivity contribution in [3.8, 4) is 0 Å². The molecule has 0 amide bonds. The molecule has 1 aromatic heterocycles. The van der Waals surface area contributed by atoms with E-state index in [1.165, 1.54) is 22.9 Å². The molecule has 1 aromatic carbocycles. The van der Waals surface area contributed by atoms with Gasteiger partial charge in [0, 0.05) is 39.9 Å². The summed E-state index contributed by atoms with van der Waals surface area (Å²) in [4.78, 5) is 26.2. The SMILES string of the molecule is Nc1ccn([C@@H]2O[C@H](CO)[CH-]C2OCOCc2ccccc2[N+](=O)[O-])c(=O)n1.[Mo]. The zero-order valence-electron chi connectivity index (χ0n) is 15.1. The number of nitro benzene ring substituents is 1. The van der Waals surface area contributed by atoms with E-state index in [2.05, 4.69) is 4.98 Å². The van der Waals surface area contributed by atoms with Crippen molar-refractivity contribution >= 4 is 11.5 Å². The molecule has 0 spiro atoms. The van der Waals surface area contributed by atoms with Crippen molar-refractivity contribution < 1.29 is 45.3 Å². The minimum Gasteiger partial charge on any atom is -0.397 e. The average Bonchev–Trinajstić information content (AvgIpc) is 3.08. The second-order valence-corrected chi connectivity index (χ2v) is 5.97. The molecule has 0 saturated carbocycles. The Hall–Kier alpha value is -2.17. The van der Waals surface area contributed by atoms with E-state index in [9.17, 15) is 20.0 Å². The summed E-state index contributed by atoms with van der Waals surface area (Å²) in [6.07, 6.45) is 0.836. The Morgan fingerprint density at radius 3 is 2.83 bits per heavy atom. The molecule has 11 nitrogen and oxygen atoms in total. The van der Waals surface area contributed by atoms with Crippen LogP contribution in [0.3, 0.4) is 0 Å². The van der Waals surface area contributed by atoms with Crippen molar-refractivity contribution in [1.29, 1.82) is 0 Å². The van der Waals surface area contributed by atoms with Gasteiger partial charge >= 0.3 is 5.69 Å². The van der Waals surface area contributed by atoms with Gasteiger partial charge in [-0.3, -0.25) is 21.1 Å². The molecule has 2 heterocycles. The van der Waals surface area contributed by atoms with Crippen LogP contribution in [0.15, 0.2) is 41.3 Å². The topological polar surface area (TPSA) is 152 Å². The number of para-hydroxylation sites is 1. The fourth-order valence-corrected chi connectivity index (χ4v) is 2.78. The number of aliphatic hydroxyl groups is 1. The minimum atomic E-state index is -0.854. The maximum Gasteiger partial charge on any atom is 0.351 e. The van der Waals surface area contributed by atoms with E-state index in [1.807, 2.05) is 0 Å². The average molecular weight is 487 g/mol. The number of hydrogen-bond acceptors (Lipinski definition) is 9. The van der Waals surface area contributed by atoms with Crippen LogP contribution in [0.1, 0.15) is 11.8 Å². The Labute approximate surface area is 179 Å². The molecule has 3 rings (SSSR count). The second-order valence-electron chi connectivity index (χ2n) is 5.97. The minimum absolute atomic E-state index is 0. The van der Waals surface area contributed by atoms with Crippen LogP contribution in [0, 0.1) is 16.5 Å². The number of rotatable bonds is 8. The van der Waals surface area contributed by atoms with Crippen LogP contribution in [0.5, 0.6) is 0 Å². The maximum atomic E-state index is 12.0. The van der Waals surface area contributed by atoms with Crippen LogP contribution in [0.4, 0.5) is 11.5 Å². The van der Waals surface area contributed by atoms with Crippen molar-refractivity contribution in [1.82, 2.24) is 9.55 Å². The van der Waals surface area contributed by atoms with Crippen molar-refractivity contribution in [2.45, 2.75) is 25.0 Å². The van der Waals surface area contributed by atoms with E-state index in [4.69, 9.17) is 19.9 Å². The van der Waals surface area contributed by atoms with Gasteiger partial charge in [0.25, 0.3) is 5.69 Å². The van der Waals surface area contributed by atoms with E-state index < -0.39 is 29.0 Å². The first-order valence-corrected chi connectivity index (χ1v) is 8.37. The smallest absolute Gasteiger partial charge is 0.351 e. The summed E-state index contributed by atoms with van der Waals surface area (Å²) in [5.41, 5.74) is 5.23. The Balaban J connectivity index is 0.00000300. The summed E-state index contributed by atoms with van der Waals surface area (Å²) in [5.74, 6) is 0.0761. The first-order valence-electron chi connectivity index (χ1n) is 8.37. The molecular weight excluding hydrogens is 468 g/mol. The maximum absolute atomic E-state index is 12.0. The molecule has 0 radical (unpaired) electrons. The number of ether oxygens (including phenoxy) is 3. The number of hydrogen-bond donors (Lipinski definition) is 2. The number of nitrogens with two attached hydrogens (primary N) is 1. The number of anilines is 1. The molecule has 29 heavy (non-hydrogen) atoms. The van der Waals surface area contributed by atoms with Gasteiger partial charge in [0.2, 0.25) is 0 Å². The van der Waals surface area contributed by atoms with Crippen LogP contribution >= 0.6 is 0 Å². The van der Waals surface area contributed by atoms with E-state index >= 15 is 0 Å². The van der Waals surface area contributed by atoms with Crippen molar-refractivity contribution in [3.63, 3.8) is 0 Å². The fourth-order valence-electron chi connectivity index (χ4n) is 2.78. The number of benzene rings is 1. The number of nitrogen functional groups attached to an aromatic ring is 1. The van der Waals surface area contributed by atoms with Crippen LogP contribution < -0.4 is 11.4 Å². The molecule has 2 aromatic rings. The van der Waals surface area contributed by atoms with Gasteiger partial charge in [0.15, 0.2) is 0 Å². The number of aliphatic hydroxyl groups excluding tert-OH is 1. The van der Waals surface area contributed by atoms with Crippen molar-refractivity contribution in [3.05, 3.63) is 69.1 Å². The second kappa shape index (κ2) is 10.6. The monoisotopic (exact) mass is 489 g/mol. The largest absolute Gasteiger partial charge is 0.397 e. The third-order valence-corrected chi connectivity index (χ3v) is 4.09. The molecule has 3 N–H and O–H groups in total. The Bertz CT molecular complexity index is 894. The summed E-state index contributed by atoms with van der Waals surface area (Å²) < 4.78 is 17.8. The molecule has 12 heteroatoms. The van der Waals surface area contributed by atoms with Crippen LogP contribution in [0.2, 0.25) is 0 Å². The third-order valence-electron chi connectivity index (χ3n) is 4.09. The molecule has 3 atom stereocenters. The molecule has 1 saturated heterocycles. The fraction of sp³-hybridized carbons (Fsp3) is 0.353. The molecule has 1 aliphatic heterocycles. The predicted octanol–water partition coefficient (Wildman–Crippen LogP) is 0.385. The van der Waals surface area contributed by atoms with E-state index in [1.54, 1.807) is 24.6 Å². The zero-order valence-corrected chi connectivity index (χ0v) is 17.1. The van der Waals surface area contributed by atoms with E-state index in [0.717, 1.165) is 0 Å². The van der Waals surface area contributed by atoms with Gasteiger partial charge in [-0.1, -0.05) is 12.1 Å². The molecular formula is C17H19MoN4O7-. The van der Waals surface area contributed by atoms with Gasteiger partial charge in [-0.25, -0.2) is 4.79 Å². The van der Waals surface area contributed by atoms with Gasteiger partial charge in [-0.2, -0.15) is 4.98 Å². The summed E-state index contributed by atoms with van der Waals surface area (Å²) in [5, 5.41) is 20.3. The summed E-state index contributed by atoms with van der Waals surface area (Å²) in [6.45, 7) is -0.519. The molecule has 0 bridgehead atoms. The van der Waals surface area contributed by atoms with Crippen LogP contribution in [0.25, 0.3) is 0 Å². The van der Waals surface area contributed by atoms with Crippen molar-refractivity contribution in [2.75, 3.05) is 19.1 Å². The summed E-state index contributed by atoms with van der Waals surface area (Å²) >= 11 is 0. The molecule has 1 fully saturated rings. The molecule has 0 aliphatic carbocycles. The van der Waals surface area contributed by atoms with Crippen molar-refractivity contribution in [2.24, 2.45) is 0 Å². The van der Waals surface area contributed by atoms with Gasteiger partial charge in [-0.05, 0) is 24.3 Å².